The second-order valence-corrected chi connectivity index (χ2v) is 10.5. The summed E-state index contributed by atoms with van der Waals surface area (Å²) in [4.78, 5) is 23.9. The van der Waals surface area contributed by atoms with Crippen molar-refractivity contribution in [2.24, 2.45) is 10.3 Å². The van der Waals surface area contributed by atoms with Crippen LogP contribution in [0.25, 0.3) is 22.1 Å². The number of benzene rings is 3. The summed E-state index contributed by atoms with van der Waals surface area (Å²) >= 11 is 0. The molecule has 1 N–H and O–H groups in total. The van der Waals surface area contributed by atoms with E-state index in [-0.39, 0.29) is 10.7 Å². The van der Waals surface area contributed by atoms with Gasteiger partial charge in [-0.25, -0.2) is 9.59 Å². The summed E-state index contributed by atoms with van der Waals surface area (Å²) in [5, 5.41) is 10.0. The van der Waals surface area contributed by atoms with E-state index in [1.807, 2.05) is 44.2 Å². The molecule has 1 heterocycles. The van der Waals surface area contributed by atoms with Gasteiger partial charge in [-0.05, 0) is 72.5 Å². The molecule has 0 spiro atoms. The smallest absolute Gasteiger partial charge is 0.379 e. The number of nitrogens with zero attached hydrogens (tertiary/aromatic N) is 1. The van der Waals surface area contributed by atoms with Crippen molar-refractivity contribution in [3.63, 3.8) is 0 Å². The van der Waals surface area contributed by atoms with E-state index in [4.69, 9.17) is 9.15 Å². The Morgan fingerprint density at radius 2 is 1.54 bits per heavy atom. The summed E-state index contributed by atoms with van der Waals surface area (Å²) in [5.41, 5.74) is 3.11. The van der Waals surface area contributed by atoms with Gasteiger partial charge in [-0.15, -0.1) is 0 Å². The van der Waals surface area contributed by atoms with Crippen LogP contribution in [0.1, 0.15) is 35.5 Å². The minimum atomic E-state index is -4.18. The third-order valence-electron chi connectivity index (χ3n) is 5.75. The molecule has 37 heavy (non-hydrogen) atoms. The quantitative estimate of drug-likeness (QED) is 0.186. The highest BCUT2D eigenvalue weighted by Gasteiger charge is 2.21. The van der Waals surface area contributed by atoms with Crippen LogP contribution in [0, 0.1) is 19.8 Å². The lowest BCUT2D eigenvalue weighted by molar-refractivity contribution is -0.129. The molecule has 0 aliphatic carbocycles. The number of carboxylic acid groups (broad SMARTS) is 1. The number of fused-ring (bicyclic) bond motifs is 1. The Morgan fingerprint density at radius 1 is 0.919 bits per heavy atom. The molecule has 0 saturated heterocycles. The van der Waals surface area contributed by atoms with E-state index in [1.165, 1.54) is 12.1 Å². The molecule has 0 aliphatic heterocycles. The number of hydrogen-bond acceptors (Lipinski definition) is 6. The van der Waals surface area contributed by atoms with Gasteiger partial charge in [0.05, 0.1) is 4.90 Å². The average Bonchev–Trinajstić information content (AvgIpc) is 3.29. The van der Waals surface area contributed by atoms with Crippen molar-refractivity contribution < 1.29 is 32.3 Å². The van der Waals surface area contributed by atoms with Gasteiger partial charge in [0, 0.05) is 11.3 Å². The van der Waals surface area contributed by atoms with Crippen LogP contribution < -0.4 is 4.74 Å². The number of aryl methyl sites for hydroxylation is 2. The average molecular weight is 520 g/mol. The fourth-order valence-corrected chi connectivity index (χ4v) is 5.03. The summed E-state index contributed by atoms with van der Waals surface area (Å²) in [6.07, 6.45) is 0. The van der Waals surface area contributed by atoms with Crippen molar-refractivity contribution in [3.8, 4) is 16.9 Å². The first kappa shape index (κ1) is 25.8. The molecule has 3 aromatic carbocycles. The predicted molar refractivity (Wildman–Crippen MR) is 140 cm³/mol. The standard InChI is InChI=1S/C28H25NO7S/c1-16(2)25(27(30)31)29-37(33,34)22-11-9-19(10-12-22)21-13-17(3)26(18(4)14-21)36-28(32)24-15-20-7-5-6-8-23(20)35-24/h5-16H,1-4H3,(H,30,31). The van der Waals surface area contributed by atoms with Crippen LogP contribution in [-0.4, -0.2) is 31.2 Å². The Bertz CT molecular complexity index is 1590. The van der Waals surface area contributed by atoms with Crippen molar-refractivity contribution >= 4 is 38.6 Å². The van der Waals surface area contributed by atoms with Crippen molar-refractivity contribution in [2.75, 3.05) is 0 Å². The van der Waals surface area contributed by atoms with Crippen LogP contribution in [0.3, 0.4) is 0 Å². The zero-order chi connectivity index (χ0) is 26.9. The molecule has 1 aromatic heterocycles. The number of carbonyl (C=O) groups excluding carboxylic acids is 1. The summed E-state index contributed by atoms with van der Waals surface area (Å²) < 4.78 is 40.0. The molecular weight excluding hydrogens is 494 g/mol. The van der Waals surface area contributed by atoms with E-state index in [0.717, 1.165) is 16.5 Å². The van der Waals surface area contributed by atoms with Gasteiger partial charge in [0.1, 0.15) is 17.0 Å². The minimum Gasteiger partial charge on any atom is -0.477 e. The number of aliphatic carboxylic acids is 1. The van der Waals surface area contributed by atoms with Crippen molar-refractivity contribution in [3.05, 3.63) is 83.6 Å². The molecule has 0 saturated carbocycles. The SMILES string of the molecule is Cc1cc(-c2ccc(S(=O)(=O)N=C(C(=O)O)C(C)C)cc2)cc(C)c1OC(=O)c1cc2ccccc2o1. The molecule has 0 fully saturated rings. The Morgan fingerprint density at radius 3 is 2.11 bits per heavy atom. The first-order valence-corrected chi connectivity index (χ1v) is 12.9. The fourth-order valence-electron chi connectivity index (χ4n) is 3.90. The molecule has 190 valence electrons. The highest BCUT2D eigenvalue weighted by Crippen LogP contribution is 2.32. The molecule has 0 amide bonds. The molecule has 0 atom stereocenters. The second-order valence-electron chi connectivity index (χ2n) is 8.91. The number of sulfonamides is 1. The zero-order valence-electron chi connectivity index (χ0n) is 20.7. The van der Waals surface area contributed by atoms with E-state index in [1.54, 1.807) is 38.1 Å². The maximum Gasteiger partial charge on any atom is 0.379 e. The molecule has 0 aliphatic rings. The Balaban J connectivity index is 1.58. The van der Waals surface area contributed by atoms with Crippen molar-refractivity contribution in [1.82, 2.24) is 0 Å². The molecule has 0 radical (unpaired) electrons. The van der Waals surface area contributed by atoms with Crippen LogP contribution >= 0.6 is 0 Å². The van der Waals surface area contributed by atoms with Gasteiger partial charge in [0.25, 0.3) is 10.0 Å². The highest BCUT2D eigenvalue weighted by molar-refractivity contribution is 7.90. The zero-order valence-corrected chi connectivity index (χ0v) is 21.5. The number of rotatable bonds is 7. The van der Waals surface area contributed by atoms with E-state index < -0.39 is 33.6 Å². The Kier molecular flexibility index (Phi) is 7.00. The number of esters is 1. The first-order valence-electron chi connectivity index (χ1n) is 11.5. The lowest BCUT2D eigenvalue weighted by atomic mass is 10.00. The number of carbonyl (C=O) groups is 2. The van der Waals surface area contributed by atoms with Crippen LogP contribution in [0.15, 0.2) is 80.4 Å². The number of furan rings is 1. The van der Waals surface area contributed by atoms with E-state index in [2.05, 4.69) is 4.40 Å². The van der Waals surface area contributed by atoms with Gasteiger partial charge in [-0.2, -0.15) is 12.8 Å². The topological polar surface area (TPSA) is 123 Å². The van der Waals surface area contributed by atoms with Crippen molar-refractivity contribution in [1.29, 1.82) is 0 Å². The van der Waals surface area contributed by atoms with Gasteiger partial charge >= 0.3 is 11.9 Å². The van der Waals surface area contributed by atoms with E-state index >= 15 is 0 Å². The number of carboxylic acids is 1. The summed E-state index contributed by atoms with van der Waals surface area (Å²) in [6, 6.07) is 18.6. The Labute approximate surface area is 214 Å². The first-order chi connectivity index (χ1) is 17.5. The van der Waals surface area contributed by atoms with Gasteiger partial charge in [0.15, 0.2) is 0 Å². The minimum absolute atomic E-state index is 0.104. The maximum absolute atomic E-state index is 12.7. The van der Waals surface area contributed by atoms with Gasteiger partial charge in [-0.1, -0.05) is 44.2 Å². The summed E-state index contributed by atoms with van der Waals surface area (Å²) in [5.74, 6) is -2.02. The summed E-state index contributed by atoms with van der Waals surface area (Å²) in [6.45, 7) is 6.75. The number of para-hydroxylation sites is 1. The van der Waals surface area contributed by atoms with Gasteiger partial charge < -0.3 is 14.3 Å². The van der Waals surface area contributed by atoms with E-state index in [0.29, 0.717) is 22.5 Å². The molecule has 8 nitrogen and oxygen atoms in total. The van der Waals surface area contributed by atoms with Crippen LogP contribution in [0.2, 0.25) is 0 Å². The van der Waals surface area contributed by atoms with Gasteiger partial charge in [-0.3, -0.25) is 0 Å². The van der Waals surface area contributed by atoms with Crippen LogP contribution in [0.5, 0.6) is 5.75 Å². The van der Waals surface area contributed by atoms with Crippen LogP contribution in [-0.2, 0) is 14.8 Å². The molecule has 0 unspecified atom stereocenters. The predicted octanol–water partition coefficient (Wildman–Crippen LogP) is 5.81. The van der Waals surface area contributed by atoms with E-state index in [9.17, 15) is 23.1 Å². The fraction of sp³-hybridized carbons (Fsp3) is 0.179. The normalized spacial score (nSPS) is 12.2. The molecule has 4 aromatic rings. The third-order valence-corrected chi connectivity index (χ3v) is 7.06. The largest absolute Gasteiger partial charge is 0.477 e. The molecule has 9 heteroatoms. The maximum atomic E-state index is 12.7. The number of hydrogen-bond donors (Lipinski definition) is 1. The molecule has 4 rings (SSSR count). The highest BCUT2D eigenvalue weighted by atomic mass is 32.2. The lowest BCUT2D eigenvalue weighted by Gasteiger charge is -2.13. The van der Waals surface area contributed by atoms with Crippen molar-refractivity contribution in [2.45, 2.75) is 32.6 Å². The molecule has 0 bridgehead atoms. The third kappa shape index (κ3) is 5.46. The number of ether oxygens (including phenoxy) is 1. The lowest BCUT2D eigenvalue weighted by Crippen LogP contribution is -2.21. The summed E-state index contributed by atoms with van der Waals surface area (Å²) in [7, 11) is -4.18. The molecular formula is C28H25NO7S. The monoisotopic (exact) mass is 519 g/mol. The van der Waals surface area contributed by atoms with Crippen LogP contribution in [0.4, 0.5) is 0 Å². The Hall–Kier alpha value is -4.24. The second kappa shape index (κ2) is 10.0. The van der Waals surface area contributed by atoms with Gasteiger partial charge in [0.2, 0.25) is 5.76 Å².